The van der Waals surface area contributed by atoms with Crippen LogP contribution < -0.4 is 9.64 Å². The summed E-state index contributed by atoms with van der Waals surface area (Å²) in [7, 11) is 1.75. The van der Waals surface area contributed by atoms with Gasteiger partial charge in [0.1, 0.15) is 11.5 Å². The molecule has 0 saturated carbocycles. The summed E-state index contributed by atoms with van der Waals surface area (Å²) in [5.74, 6) is 2.63. The Morgan fingerprint density at radius 1 is 0.921 bits per heavy atom. The number of ether oxygens (including phenoxy) is 1. The Kier molecular flexibility index (Phi) is 8.58. The van der Waals surface area contributed by atoms with Crippen molar-refractivity contribution in [3.63, 3.8) is 0 Å². The summed E-state index contributed by atoms with van der Waals surface area (Å²) >= 11 is 0. The van der Waals surface area contributed by atoms with Gasteiger partial charge in [0.05, 0.1) is 7.11 Å². The monoisotopic (exact) mass is 512 g/mol. The first-order valence-corrected chi connectivity index (χ1v) is 14.6. The second-order valence-electron chi connectivity index (χ2n) is 11.4. The molecule has 1 aliphatic heterocycles. The van der Waals surface area contributed by atoms with Crippen molar-refractivity contribution in [1.29, 1.82) is 0 Å². The quantitative estimate of drug-likeness (QED) is 0.336. The lowest BCUT2D eigenvalue weighted by Crippen LogP contribution is -2.34. The van der Waals surface area contributed by atoms with Gasteiger partial charge in [-0.05, 0) is 116 Å². The number of benzene rings is 3. The molecular formula is C34H44N2O2. The lowest BCUT2D eigenvalue weighted by Gasteiger charge is -2.32. The number of hydrogen-bond donors (Lipinski definition) is 1. The SMILES string of the molecule is CCN(Cc1ccc(CCN2CCC(C)CC2)cc1)c1cc(OC)ccc1C1CCc2cc(O)ccc2C1. The van der Waals surface area contributed by atoms with E-state index in [2.05, 4.69) is 72.2 Å². The molecule has 2 aliphatic rings. The predicted octanol–water partition coefficient (Wildman–Crippen LogP) is 6.97. The molecule has 4 nitrogen and oxygen atoms in total. The van der Waals surface area contributed by atoms with E-state index in [0.29, 0.717) is 11.7 Å². The van der Waals surface area contributed by atoms with E-state index in [0.717, 1.165) is 50.4 Å². The van der Waals surface area contributed by atoms with Gasteiger partial charge in [-0.15, -0.1) is 0 Å². The summed E-state index contributed by atoms with van der Waals surface area (Å²) in [4.78, 5) is 5.12. The molecule has 1 heterocycles. The second-order valence-corrected chi connectivity index (χ2v) is 11.4. The van der Waals surface area contributed by atoms with Crippen molar-refractivity contribution in [2.45, 2.75) is 64.8 Å². The van der Waals surface area contributed by atoms with Crippen LogP contribution in [0.15, 0.2) is 60.7 Å². The minimum absolute atomic E-state index is 0.372. The highest BCUT2D eigenvalue weighted by Crippen LogP contribution is 2.40. The standard InChI is InChI=1S/C34H44N2O2/c1-4-36(24-27-7-5-26(6-8-27)17-20-35-18-15-25(2)16-19-35)34-23-32(38-3)13-14-33(34)30-10-9-29-22-31(37)12-11-28(29)21-30/h5-8,11-14,22-23,25,30,37H,4,9-10,15-21,24H2,1-3H3. The maximum atomic E-state index is 9.91. The van der Waals surface area contributed by atoms with Crippen LogP contribution in [-0.4, -0.2) is 43.3 Å². The van der Waals surface area contributed by atoms with E-state index in [9.17, 15) is 5.11 Å². The Bertz CT molecular complexity index is 1200. The van der Waals surface area contributed by atoms with E-state index in [4.69, 9.17) is 4.74 Å². The van der Waals surface area contributed by atoms with Gasteiger partial charge in [-0.3, -0.25) is 0 Å². The number of aryl methyl sites for hydroxylation is 1. The molecule has 0 amide bonds. The molecule has 4 heteroatoms. The number of nitrogens with zero attached hydrogens (tertiary/aromatic N) is 2. The zero-order chi connectivity index (χ0) is 26.5. The third kappa shape index (κ3) is 6.35. The fraction of sp³-hybridized carbons (Fsp3) is 0.471. The van der Waals surface area contributed by atoms with E-state index in [1.165, 1.54) is 66.0 Å². The van der Waals surface area contributed by atoms with Crippen LogP contribution in [0.4, 0.5) is 5.69 Å². The van der Waals surface area contributed by atoms with Crippen LogP contribution in [0.3, 0.4) is 0 Å². The van der Waals surface area contributed by atoms with Crippen LogP contribution in [0.2, 0.25) is 0 Å². The van der Waals surface area contributed by atoms with Crippen molar-refractivity contribution < 1.29 is 9.84 Å². The fourth-order valence-electron chi connectivity index (χ4n) is 6.25. The third-order valence-corrected chi connectivity index (χ3v) is 8.81. The van der Waals surface area contributed by atoms with Crippen LogP contribution in [0.5, 0.6) is 11.5 Å². The topological polar surface area (TPSA) is 35.9 Å². The number of phenols is 1. The van der Waals surface area contributed by atoms with Gasteiger partial charge in [0.25, 0.3) is 0 Å². The molecule has 1 unspecified atom stereocenters. The highest BCUT2D eigenvalue weighted by Gasteiger charge is 2.25. The molecule has 5 rings (SSSR count). The summed E-state index contributed by atoms with van der Waals surface area (Å²) < 4.78 is 5.65. The molecule has 0 radical (unpaired) electrons. The van der Waals surface area contributed by atoms with Gasteiger partial charge in [-0.2, -0.15) is 0 Å². The van der Waals surface area contributed by atoms with Gasteiger partial charge in [0.15, 0.2) is 0 Å². The van der Waals surface area contributed by atoms with Crippen molar-refractivity contribution in [3.05, 3.63) is 88.5 Å². The van der Waals surface area contributed by atoms with E-state index in [-0.39, 0.29) is 0 Å². The number of piperidine rings is 1. The van der Waals surface area contributed by atoms with Crippen molar-refractivity contribution in [3.8, 4) is 11.5 Å². The number of methoxy groups -OCH3 is 1. The molecule has 0 spiro atoms. The lowest BCUT2D eigenvalue weighted by molar-refractivity contribution is 0.194. The van der Waals surface area contributed by atoms with E-state index < -0.39 is 0 Å². The van der Waals surface area contributed by atoms with Gasteiger partial charge >= 0.3 is 0 Å². The summed E-state index contributed by atoms with van der Waals surface area (Å²) in [6.45, 7) is 10.1. The molecule has 1 N–H and O–H groups in total. The zero-order valence-corrected chi connectivity index (χ0v) is 23.5. The first kappa shape index (κ1) is 26.6. The van der Waals surface area contributed by atoms with Gasteiger partial charge < -0.3 is 19.6 Å². The average Bonchev–Trinajstić information content (AvgIpc) is 2.95. The number of likely N-dealkylation sites (tertiary alicyclic amines) is 1. The minimum Gasteiger partial charge on any atom is -0.508 e. The molecule has 0 bridgehead atoms. The maximum absolute atomic E-state index is 9.91. The van der Waals surface area contributed by atoms with Crippen LogP contribution in [0, 0.1) is 5.92 Å². The van der Waals surface area contributed by atoms with Crippen LogP contribution in [0.1, 0.15) is 66.8 Å². The summed E-state index contributed by atoms with van der Waals surface area (Å²) in [6, 6.07) is 21.8. The van der Waals surface area contributed by atoms with Crippen molar-refractivity contribution in [1.82, 2.24) is 4.90 Å². The third-order valence-electron chi connectivity index (χ3n) is 8.81. The Hall–Kier alpha value is -2.98. The Morgan fingerprint density at radius 3 is 2.42 bits per heavy atom. The lowest BCUT2D eigenvalue weighted by atomic mass is 9.79. The largest absolute Gasteiger partial charge is 0.508 e. The average molecular weight is 513 g/mol. The van der Waals surface area contributed by atoms with Crippen molar-refractivity contribution in [2.75, 3.05) is 38.2 Å². The zero-order valence-electron chi connectivity index (χ0n) is 23.5. The van der Waals surface area contributed by atoms with Crippen LogP contribution >= 0.6 is 0 Å². The van der Waals surface area contributed by atoms with Gasteiger partial charge in [0.2, 0.25) is 0 Å². The van der Waals surface area contributed by atoms with Gasteiger partial charge in [-0.1, -0.05) is 43.3 Å². The van der Waals surface area contributed by atoms with E-state index in [1.54, 1.807) is 7.11 Å². The molecule has 202 valence electrons. The Balaban J connectivity index is 1.29. The summed E-state index contributed by atoms with van der Waals surface area (Å²) in [5.41, 5.74) is 8.11. The normalized spacial score (nSPS) is 18.2. The molecule has 1 saturated heterocycles. The fourth-order valence-corrected chi connectivity index (χ4v) is 6.25. The number of phenolic OH excluding ortho intramolecular Hbond substituents is 1. The summed E-state index contributed by atoms with van der Waals surface area (Å²) in [6.07, 6.45) is 6.93. The molecule has 3 aromatic rings. The second kappa shape index (κ2) is 12.3. The van der Waals surface area contributed by atoms with Gasteiger partial charge in [0, 0.05) is 31.4 Å². The molecule has 3 aromatic carbocycles. The summed E-state index contributed by atoms with van der Waals surface area (Å²) in [5, 5.41) is 9.91. The molecule has 1 fully saturated rings. The van der Waals surface area contributed by atoms with E-state index in [1.807, 2.05) is 12.1 Å². The Labute approximate surface area is 229 Å². The highest BCUT2D eigenvalue weighted by molar-refractivity contribution is 5.60. The molecular weight excluding hydrogens is 468 g/mol. The number of fused-ring (bicyclic) bond motifs is 1. The predicted molar refractivity (Wildman–Crippen MR) is 158 cm³/mol. The number of rotatable bonds is 9. The number of anilines is 1. The molecule has 38 heavy (non-hydrogen) atoms. The maximum Gasteiger partial charge on any atom is 0.120 e. The highest BCUT2D eigenvalue weighted by atomic mass is 16.5. The first-order valence-electron chi connectivity index (χ1n) is 14.6. The molecule has 1 atom stereocenters. The van der Waals surface area contributed by atoms with Gasteiger partial charge in [-0.25, -0.2) is 0 Å². The number of aromatic hydroxyl groups is 1. The minimum atomic E-state index is 0.372. The van der Waals surface area contributed by atoms with Crippen molar-refractivity contribution in [2.24, 2.45) is 5.92 Å². The van der Waals surface area contributed by atoms with E-state index >= 15 is 0 Å². The van der Waals surface area contributed by atoms with Crippen molar-refractivity contribution >= 4 is 5.69 Å². The first-order chi connectivity index (χ1) is 18.5. The Morgan fingerprint density at radius 2 is 1.68 bits per heavy atom. The van der Waals surface area contributed by atoms with Crippen LogP contribution in [-0.2, 0) is 25.8 Å². The molecule has 1 aliphatic carbocycles. The number of hydrogen-bond acceptors (Lipinski definition) is 4. The van der Waals surface area contributed by atoms with Crippen LogP contribution in [0.25, 0.3) is 0 Å². The smallest absolute Gasteiger partial charge is 0.120 e. The molecule has 0 aromatic heterocycles.